The molecule has 1 rings (SSSR count). The van der Waals surface area contributed by atoms with Crippen LogP contribution in [0, 0.1) is 0 Å². The first-order valence-electron chi connectivity index (χ1n) is 4.49. The Morgan fingerprint density at radius 1 is 1.19 bits per heavy atom. The van der Waals surface area contributed by atoms with E-state index >= 15 is 0 Å². The zero-order valence-electron chi connectivity index (χ0n) is 8.37. The van der Waals surface area contributed by atoms with Gasteiger partial charge in [-0.1, -0.05) is 30.3 Å². The number of aliphatic hydroxyl groups is 1. The van der Waals surface area contributed by atoms with Gasteiger partial charge in [0.2, 0.25) is 0 Å². The predicted molar refractivity (Wildman–Crippen MR) is 57.6 cm³/mol. The molecule has 0 aromatic heterocycles. The smallest absolute Gasteiger partial charge is 0.387 e. The molecule has 16 heavy (non-hydrogen) atoms. The third-order valence-corrected chi connectivity index (χ3v) is 1.85. The minimum atomic E-state index is -4.24. The molecular formula is C10H13ClF3NO. The van der Waals surface area contributed by atoms with E-state index in [1.165, 1.54) is 0 Å². The first kappa shape index (κ1) is 15.2. The molecule has 0 amide bonds. The van der Waals surface area contributed by atoms with Crippen molar-refractivity contribution in [1.29, 1.82) is 0 Å². The van der Waals surface area contributed by atoms with Crippen LogP contribution in [-0.2, 0) is 0 Å². The summed E-state index contributed by atoms with van der Waals surface area (Å²) in [5, 5.41) is 11.6. The molecule has 2 N–H and O–H groups in total. The third-order valence-electron chi connectivity index (χ3n) is 1.85. The van der Waals surface area contributed by atoms with Gasteiger partial charge in [0.25, 0.3) is 0 Å². The summed E-state index contributed by atoms with van der Waals surface area (Å²) in [4.78, 5) is 0. The Hall–Kier alpha value is -0.780. The van der Waals surface area contributed by atoms with Gasteiger partial charge in [0.15, 0.2) is 0 Å². The van der Waals surface area contributed by atoms with Gasteiger partial charge >= 0.3 is 6.18 Å². The quantitative estimate of drug-likeness (QED) is 0.865. The second kappa shape index (κ2) is 6.73. The first-order chi connectivity index (χ1) is 6.99. The fourth-order valence-electron chi connectivity index (χ4n) is 1.14. The molecule has 0 heterocycles. The maximum absolute atomic E-state index is 11.8. The van der Waals surface area contributed by atoms with Crippen LogP contribution < -0.4 is 5.32 Å². The SMILES string of the molecule is Cl.OC(CNCC(F)(F)F)c1ccccc1. The molecule has 1 aromatic carbocycles. The third kappa shape index (κ3) is 5.95. The Bertz CT molecular complexity index is 292. The van der Waals surface area contributed by atoms with Crippen molar-refractivity contribution in [2.45, 2.75) is 12.3 Å². The van der Waals surface area contributed by atoms with Gasteiger partial charge in [-0.3, -0.25) is 0 Å². The van der Waals surface area contributed by atoms with Crippen LogP contribution in [0.15, 0.2) is 30.3 Å². The van der Waals surface area contributed by atoms with E-state index in [1.54, 1.807) is 30.3 Å². The van der Waals surface area contributed by atoms with E-state index in [-0.39, 0.29) is 19.0 Å². The summed E-state index contributed by atoms with van der Waals surface area (Å²) in [6.07, 6.45) is -5.15. The predicted octanol–water partition coefficient (Wildman–Crippen LogP) is 2.29. The summed E-state index contributed by atoms with van der Waals surface area (Å²) in [6, 6.07) is 8.56. The number of nitrogens with one attached hydrogen (secondary N) is 1. The van der Waals surface area contributed by atoms with E-state index < -0.39 is 18.8 Å². The number of hydrogen-bond donors (Lipinski definition) is 2. The molecule has 0 spiro atoms. The highest BCUT2D eigenvalue weighted by Gasteiger charge is 2.26. The van der Waals surface area contributed by atoms with Crippen LogP contribution in [0.5, 0.6) is 0 Å². The van der Waals surface area contributed by atoms with Crippen molar-refractivity contribution in [3.05, 3.63) is 35.9 Å². The van der Waals surface area contributed by atoms with Gasteiger partial charge in [0.1, 0.15) is 0 Å². The molecule has 0 saturated heterocycles. The average Bonchev–Trinajstić information content (AvgIpc) is 2.17. The number of halogens is 4. The summed E-state index contributed by atoms with van der Waals surface area (Å²) < 4.78 is 35.3. The van der Waals surface area contributed by atoms with Gasteiger partial charge in [0, 0.05) is 6.54 Å². The van der Waals surface area contributed by atoms with E-state index in [9.17, 15) is 18.3 Å². The number of benzene rings is 1. The first-order valence-corrected chi connectivity index (χ1v) is 4.49. The normalized spacial score (nSPS) is 13.0. The molecule has 2 nitrogen and oxygen atoms in total. The number of hydrogen-bond acceptors (Lipinski definition) is 2. The maximum atomic E-state index is 11.8. The number of aliphatic hydroxyl groups excluding tert-OH is 1. The lowest BCUT2D eigenvalue weighted by atomic mass is 10.1. The summed E-state index contributed by atoms with van der Waals surface area (Å²) in [7, 11) is 0. The Morgan fingerprint density at radius 3 is 2.25 bits per heavy atom. The summed E-state index contributed by atoms with van der Waals surface area (Å²) in [6.45, 7) is -1.19. The Morgan fingerprint density at radius 2 is 1.75 bits per heavy atom. The van der Waals surface area contributed by atoms with Crippen LogP contribution in [-0.4, -0.2) is 24.4 Å². The molecule has 0 aliphatic carbocycles. The minimum absolute atomic E-state index is 0. The van der Waals surface area contributed by atoms with Crippen LogP contribution in [0.1, 0.15) is 11.7 Å². The number of rotatable bonds is 4. The standard InChI is InChI=1S/C10H12F3NO.ClH/c11-10(12,13)7-14-6-9(15)8-4-2-1-3-5-8;/h1-5,9,14-15H,6-7H2;1H. The summed E-state index contributed by atoms with van der Waals surface area (Å²) in [5.41, 5.74) is 0.604. The van der Waals surface area contributed by atoms with Crippen LogP contribution >= 0.6 is 12.4 Å². The molecule has 1 atom stereocenters. The molecular weight excluding hydrogens is 243 g/mol. The Kier molecular flexibility index (Phi) is 6.40. The van der Waals surface area contributed by atoms with Crippen LogP contribution in [0.4, 0.5) is 13.2 Å². The Balaban J connectivity index is 0.00000225. The van der Waals surface area contributed by atoms with Gasteiger partial charge in [-0.15, -0.1) is 12.4 Å². The highest BCUT2D eigenvalue weighted by atomic mass is 35.5. The van der Waals surface area contributed by atoms with E-state index in [0.29, 0.717) is 5.56 Å². The highest BCUT2D eigenvalue weighted by molar-refractivity contribution is 5.85. The Labute approximate surface area is 97.9 Å². The lowest BCUT2D eigenvalue weighted by Gasteiger charge is -2.13. The van der Waals surface area contributed by atoms with Crippen LogP contribution in [0.3, 0.4) is 0 Å². The van der Waals surface area contributed by atoms with Crippen molar-refractivity contribution >= 4 is 12.4 Å². The maximum Gasteiger partial charge on any atom is 0.401 e. The molecule has 6 heteroatoms. The lowest BCUT2D eigenvalue weighted by Crippen LogP contribution is -2.31. The zero-order valence-corrected chi connectivity index (χ0v) is 9.18. The van der Waals surface area contributed by atoms with Gasteiger partial charge in [-0.25, -0.2) is 0 Å². The lowest BCUT2D eigenvalue weighted by molar-refractivity contribution is -0.125. The minimum Gasteiger partial charge on any atom is -0.387 e. The van der Waals surface area contributed by atoms with E-state index in [0.717, 1.165) is 0 Å². The second-order valence-electron chi connectivity index (χ2n) is 3.17. The van der Waals surface area contributed by atoms with Gasteiger partial charge in [0.05, 0.1) is 12.6 Å². The molecule has 0 radical (unpaired) electrons. The molecule has 0 bridgehead atoms. The van der Waals surface area contributed by atoms with E-state index in [4.69, 9.17) is 0 Å². The van der Waals surface area contributed by atoms with Crippen molar-refractivity contribution in [1.82, 2.24) is 5.32 Å². The summed E-state index contributed by atoms with van der Waals surface area (Å²) >= 11 is 0. The molecule has 1 aromatic rings. The van der Waals surface area contributed by atoms with Crippen molar-refractivity contribution in [2.24, 2.45) is 0 Å². The molecule has 92 valence electrons. The van der Waals surface area contributed by atoms with Crippen molar-refractivity contribution in [2.75, 3.05) is 13.1 Å². The second-order valence-corrected chi connectivity index (χ2v) is 3.17. The van der Waals surface area contributed by atoms with Crippen molar-refractivity contribution in [3.63, 3.8) is 0 Å². The topological polar surface area (TPSA) is 32.3 Å². The van der Waals surface area contributed by atoms with Gasteiger partial charge in [-0.2, -0.15) is 13.2 Å². The van der Waals surface area contributed by atoms with Crippen molar-refractivity contribution in [3.8, 4) is 0 Å². The average molecular weight is 256 g/mol. The molecule has 0 fully saturated rings. The largest absolute Gasteiger partial charge is 0.401 e. The molecule has 1 unspecified atom stereocenters. The van der Waals surface area contributed by atoms with Crippen molar-refractivity contribution < 1.29 is 18.3 Å². The van der Waals surface area contributed by atoms with E-state index in [2.05, 4.69) is 5.32 Å². The molecule has 0 aliphatic rings. The fraction of sp³-hybridized carbons (Fsp3) is 0.400. The molecule has 0 saturated carbocycles. The summed E-state index contributed by atoms with van der Waals surface area (Å²) in [5.74, 6) is 0. The monoisotopic (exact) mass is 255 g/mol. The van der Waals surface area contributed by atoms with Crippen LogP contribution in [0.25, 0.3) is 0 Å². The van der Waals surface area contributed by atoms with E-state index in [1.807, 2.05) is 0 Å². The van der Waals surface area contributed by atoms with Crippen LogP contribution in [0.2, 0.25) is 0 Å². The fourth-order valence-corrected chi connectivity index (χ4v) is 1.14. The highest BCUT2D eigenvalue weighted by Crippen LogP contribution is 2.14. The molecule has 0 aliphatic heterocycles. The van der Waals surface area contributed by atoms with Gasteiger partial charge < -0.3 is 10.4 Å². The van der Waals surface area contributed by atoms with Gasteiger partial charge in [-0.05, 0) is 5.56 Å². The number of alkyl halides is 3. The zero-order chi connectivity index (χ0) is 11.3.